The van der Waals surface area contributed by atoms with Crippen LogP contribution in [0.5, 0.6) is 0 Å². The normalized spacial score (nSPS) is 12.4. The predicted molar refractivity (Wildman–Crippen MR) is 74.7 cm³/mol. The van der Waals surface area contributed by atoms with Crippen LogP contribution in [0, 0.1) is 0 Å². The SMILES string of the molecule is CC(CO)N(C)c1snc(N)c1-c1ccncc1. The zero-order valence-corrected chi connectivity index (χ0v) is 11.2. The van der Waals surface area contributed by atoms with Gasteiger partial charge in [0.25, 0.3) is 0 Å². The van der Waals surface area contributed by atoms with Gasteiger partial charge in [0.15, 0.2) is 0 Å². The number of nitrogens with zero attached hydrogens (tertiary/aromatic N) is 3. The Hall–Kier alpha value is -1.66. The average Bonchev–Trinajstić information content (AvgIpc) is 2.79. The van der Waals surface area contributed by atoms with E-state index < -0.39 is 0 Å². The van der Waals surface area contributed by atoms with Gasteiger partial charge in [-0.05, 0) is 36.2 Å². The lowest BCUT2D eigenvalue weighted by Gasteiger charge is -2.24. The van der Waals surface area contributed by atoms with Crippen LogP contribution in [0.4, 0.5) is 10.8 Å². The van der Waals surface area contributed by atoms with Crippen LogP contribution in [0.25, 0.3) is 11.1 Å². The van der Waals surface area contributed by atoms with Gasteiger partial charge in [-0.1, -0.05) is 0 Å². The maximum Gasteiger partial charge on any atom is 0.147 e. The van der Waals surface area contributed by atoms with Crippen molar-refractivity contribution < 1.29 is 5.11 Å². The highest BCUT2D eigenvalue weighted by atomic mass is 32.1. The second kappa shape index (κ2) is 5.32. The summed E-state index contributed by atoms with van der Waals surface area (Å²) in [5.41, 5.74) is 7.84. The average molecular weight is 264 g/mol. The number of aromatic nitrogens is 2. The molecule has 2 aromatic rings. The molecule has 1 unspecified atom stereocenters. The van der Waals surface area contributed by atoms with Crippen molar-refractivity contribution >= 4 is 22.4 Å². The number of aliphatic hydroxyl groups excluding tert-OH is 1. The number of anilines is 2. The van der Waals surface area contributed by atoms with Gasteiger partial charge in [0, 0.05) is 25.5 Å². The Morgan fingerprint density at radius 2 is 2.11 bits per heavy atom. The zero-order chi connectivity index (χ0) is 13.1. The standard InChI is InChI=1S/C12H16N4OS/c1-8(7-17)16(2)12-10(11(13)15-18-12)9-3-5-14-6-4-9/h3-6,8,17H,7H2,1-2H3,(H2,13,15). The van der Waals surface area contributed by atoms with Gasteiger partial charge in [-0.3, -0.25) is 4.98 Å². The number of likely N-dealkylation sites (N-methyl/N-ethyl adjacent to an activating group) is 1. The van der Waals surface area contributed by atoms with E-state index in [9.17, 15) is 5.11 Å². The van der Waals surface area contributed by atoms with Gasteiger partial charge in [0.1, 0.15) is 10.8 Å². The Labute approximate surface area is 110 Å². The van der Waals surface area contributed by atoms with E-state index in [-0.39, 0.29) is 12.6 Å². The number of nitrogens with two attached hydrogens (primary N) is 1. The van der Waals surface area contributed by atoms with E-state index >= 15 is 0 Å². The van der Waals surface area contributed by atoms with Crippen LogP contribution in [-0.2, 0) is 0 Å². The summed E-state index contributed by atoms with van der Waals surface area (Å²) in [5, 5.41) is 10.2. The minimum Gasteiger partial charge on any atom is -0.394 e. The minimum absolute atomic E-state index is 0.0189. The van der Waals surface area contributed by atoms with Crippen molar-refractivity contribution in [2.75, 3.05) is 24.3 Å². The summed E-state index contributed by atoms with van der Waals surface area (Å²) in [7, 11) is 1.93. The van der Waals surface area contributed by atoms with Crippen molar-refractivity contribution in [2.24, 2.45) is 0 Å². The molecule has 5 nitrogen and oxygen atoms in total. The summed E-state index contributed by atoms with van der Waals surface area (Å²) in [4.78, 5) is 5.99. The second-order valence-corrected chi connectivity index (χ2v) is 4.88. The topological polar surface area (TPSA) is 75.3 Å². The fraction of sp³-hybridized carbons (Fsp3) is 0.333. The molecule has 0 aliphatic rings. The molecule has 0 radical (unpaired) electrons. The fourth-order valence-corrected chi connectivity index (χ4v) is 2.55. The zero-order valence-electron chi connectivity index (χ0n) is 10.4. The summed E-state index contributed by atoms with van der Waals surface area (Å²) in [6.45, 7) is 2.04. The van der Waals surface area contributed by atoms with Crippen molar-refractivity contribution in [3.8, 4) is 11.1 Å². The summed E-state index contributed by atoms with van der Waals surface area (Å²) in [5.74, 6) is 0.512. The van der Waals surface area contributed by atoms with E-state index in [1.165, 1.54) is 11.5 Å². The Balaban J connectivity index is 2.45. The van der Waals surface area contributed by atoms with Crippen LogP contribution in [0.1, 0.15) is 6.92 Å². The summed E-state index contributed by atoms with van der Waals surface area (Å²) in [6.07, 6.45) is 3.46. The third-order valence-corrected chi connectivity index (χ3v) is 3.87. The van der Waals surface area contributed by atoms with Gasteiger partial charge in [-0.15, -0.1) is 0 Å². The highest BCUT2D eigenvalue weighted by Crippen LogP contribution is 2.39. The first-order chi connectivity index (χ1) is 8.65. The number of hydrogen-bond acceptors (Lipinski definition) is 6. The van der Waals surface area contributed by atoms with Crippen molar-refractivity contribution in [2.45, 2.75) is 13.0 Å². The second-order valence-electron chi connectivity index (χ2n) is 4.13. The number of aliphatic hydroxyl groups is 1. The van der Waals surface area contributed by atoms with Crippen LogP contribution in [-0.4, -0.2) is 34.2 Å². The molecule has 2 rings (SSSR count). The Bertz CT molecular complexity index is 514. The van der Waals surface area contributed by atoms with Gasteiger partial charge < -0.3 is 15.7 Å². The monoisotopic (exact) mass is 264 g/mol. The molecule has 0 amide bonds. The van der Waals surface area contributed by atoms with Crippen molar-refractivity contribution in [1.82, 2.24) is 9.36 Å². The first-order valence-electron chi connectivity index (χ1n) is 5.64. The molecule has 0 aromatic carbocycles. The molecule has 3 N–H and O–H groups in total. The maximum atomic E-state index is 9.24. The minimum atomic E-state index is 0.0189. The van der Waals surface area contributed by atoms with Gasteiger partial charge in [0.2, 0.25) is 0 Å². The molecule has 0 saturated heterocycles. The molecular formula is C12H16N4OS. The van der Waals surface area contributed by atoms with E-state index in [1.54, 1.807) is 12.4 Å². The van der Waals surface area contributed by atoms with Crippen LogP contribution in [0.15, 0.2) is 24.5 Å². The van der Waals surface area contributed by atoms with Crippen molar-refractivity contribution in [3.05, 3.63) is 24.5 Å². The lowest BCUT2D eigenvalue weighted by molar-refractivity contribution is 0.270. The molecule has 2 heterocycles. The van der Waals surface area contributed by atoms with E-state index in [1.807, 2.05) is 31.0 Å². The van der Waals surface area contributed by atoms with Gasteiger partial charge in [-0.2, -0.15) is 4.37 Å². The van der Waals surface area contributed by atoms with Crippen LogP contribution in [0.2, 0.25) is 0 Å². The maximum absolute atomic E-state index is 9.24. The highest BCUT2D eigenvalue weighted by Gasteiger charge is 2.19. The van der Waals surface area contributed by atoms with Gasteiger partial charge >= 0.3 is 0 Å². The first-order valence-corrected chi connectivity index (χ1v) is 6.41. The van der Waals surface area contributed by atoms with Crippen molar-refractivity contribution in [3.63, 3.8) is 0 Å². The Morgan fingerprint density at radius 1 is 1.44 bits per heavy atom. The quantitative estimate of drug-likeness (QED) is 0.877. The lowest BCUT2D eigenvalue weighted by Crippen LogP contribution is -2.31. The first kappa shape index (κ1) is 12.8. The molecule has 2 aromatic heterocycles. The number of nitrogen functional groups attached to an aromatic ring is 1. The predicted octanol–water partition coefficient (Wildman–Crippen LogP) is 1.60. The Morgan fingerprint density at radius 3 is 2.72 bits per heavy atom. The lowest BCUT2D eigenvalue weighted by atomic mass is 10.1. The fourth-order valence-electron chi connectivity index (χ4n) is 1.65. The summed E-state index contributed by atoms with van der Waals surface area (Å²) < 4.78 is 4.21. The highest BCUT2D eigenvalue weighted by molar-refractivity contribution is 7.11. The molecule has 0 bridgehead atoms. The summed E-state index contributed by atoms with van der Waals surface area (Å²) in [6, 6.07) is 3.83. The molecule has 0 fully saturated rings. The Kier molecular flexibility index (Phi) is 3.78. The molecule has 96 valence electrons. The van der Waals surface area contributed by atoms with E-state index in [2.05, 4.69) is 9.36 Å². The van der Waals surface area contributed by atoms with Gasteiger partial charge in [0.05, 0.1) is 12.2 Å². The number of pyridine rings is 1. The molecule has 0 aliphatic carbocycles. The molecule has 0 saturated carbocycles. The molecule has 0 aliphatic heterocycles. The number of hydrogen-bond donors (Lipinski definition) is 2. The van der Waals surface area contributed by atoms with E-state index in [0.29, 0.717) is 5.82 Å². The van der Waals surface area contributed by atoms with Gasteiger partial charge in [-0.25, -0.2) is 0 Å². The molecule has 0 spiro atoms. The molecule has 6 heteroatoms. The third-order valence-electron chi connectivity index (χ3n) is 2.92. The summed E-state index contributed by atoms with van der Waals surface area (Å²) >= 11 is 1.34. The molecular weight excluding hydrogens is 248 g/mol. The van der Waals surface area contributed by atoms with Crippen LogP contribution >= 0.6 is 11.5 Å². The van der Waals surface area contributed by atoms with Crippen molar-refractivity contribution in [1.29, 1.82) is 0 Å². The van der Waals surface area contributed by atoms with E-state index in [0.717, 1.165) is 16.1 Å². The molecule has 18 heavy (non-hydrogen) atoms. The number of rotatable bonds is 4. The van der Waals surface area contributed by atoms with Crippen LogP contribution in [0.3, 0.4) is 0 Å². The smallest absolute Gasteiger partial charge is 0.147 e. The molecule has 1 atom stereocenters. The van der Waals surface area contributed by atoms with E-state index in [4.69, 9.17) is 5.73 Å². The largest absolute Gasteiger partial charge is 0.394 e. The third kappa shape index (κ3) is 2.30. The van der Waals surface area contributed by atoms with Crippen LogP contribution < -0.4 is 10.6 Å².